The van der Waals surface area contributed by atoms with Crippen LogP contribution < -0.4 is 16.0 Å². The van der Waals surface area contributed by atoms with Gasteiger partial charge in [0.25, 0.3) is 0 Å². The van der Waals surface area contributed by atoms with E-state index < -0.39 is 9.84 Å². The molecule has 5 fully saturated rings. The standard InChI is InChI=1S/C32H43ClN6O2S/c1-2-42(40,41)27-9-7-21(8-10-27)17-35-29-24-11-22-12-25(29)15-32(13-22,14-24)20-38-30-26(16-34)19-37-31(39-30)36-18-23-5-3-4-6-28(23)33/h3-6,19,21-22,24-25,27,29,35H,2,7-15,17-18,20H2,1H3,(H2,36,37,38,39)/t21?,22?,24-,25+,27?,29?,32?. The summed E-state index contributed by atoms with van der Waals surface area (Å²) in [6.07, 6.45) is 11.6. The highest BCUT2D eigenvalue weighted by atomic mass is 35.5. The molecule has 0 amide bonds. The molecule has 4 bridgehead atoms. The summed E-state index contributed by atoms with van der Waals surface area (Å²) in [6.45, 7) is 4.12. The van der Waals surface area contributed by atoms with Crippen molar-refractivity contribution in [2.45, 2.75) is 82.5 Å². The third-order valence-corrected chi connectivity index (χ3v) is 13.3. The second kappa shape index (κ2) is 12.3. The molecule has 5 saturated carbocycles. The van der Waals surface area contributed by atoms with Gasteiger partial charge in [-0.25, -0.2) is 13.4 Å². The molecule has 3 unspecified atom stereocenters. The van der Waals surface area contributed by atoms with Crippen molar-refractivity contribution in [3.63, 3.8) is 0 Å². The summed E-state index contributed by atoms with van der Waals surface area (Å²) in [5.74, 6) is 4.08. The van der Waals surface area contributed by atoms with Gasteiger partial charge in [-0.3, -0.25) is 0 Å². The SMILES string of the molecule is CCS(=O)(=O)C1CCC(CNC2[C@@H]3CC4C[C@H]2CC(CNc2nc(NCc5ccccc5Cl)ncc2C#N)(C4)C3)CC1. The second-order valence-corrected chi connectivity index (χ2v) is 16.3. The minimum Gasteiger partial charge on any atom is -0.368 e. The summed E-state index contributed by atoms with van der Waals surface area (Å²) in [6, 6.07) is 10.5. The molecular formula is C32H43ClN6O2S. The Kier molecular flexibility index (Phi) is 8.68. The molecule has 2 aromatic rings. The summed E-state index contributed by atoms with van der Waals surface area (Å²) < 4.78 is 24.6. The average Bonchev–Trinajstić information content (AvgIpc) is 2.99. The highest BCUT2D eigenvalue weighted by Crippen LogP contribution is 2.60. The predicted octanol–water partition coefficient (Wildman–Crippen LogP) is 5.80. The first-order valence-corrected chi connectivity index (χ1v) is 17.8. The zero-order valence-corrected chi connectivity index (χ0v) is 26.1. The largest absolute Gasteiger partial charge is 0.368 e. The Bertz CT molecular complexity index is 1400. The number of halogens is 1. The first-order chi connectivity index (χ1) is 20.3. The Balaban J connectivity index is 1.05. The van der Waals surface area contributed by atoms with Crippen LogP contribution in [-0.4, -0.2) is 48.5 Å². The first-order valence-electron chi connectivity index (χ1n) is 15.7. The van der Waals surface area contributed by atoms with Crippen molar-refractivity contribution in [3.05, 3.63) is 46.6 Å². The number of sulfone groups is 1. The Morgan fingerprint density at radius 2 is 1.81 bits per heavy atom. The summed E-state index contributed by atoms with van der Waals surface area (Å²) in [7, 11) is -2.91. The van der Waals surface area contributed by atoms with Crippen LogP contribution in [0.2, 0.25) is 5.02 Å². The number of aromatic nitrogens is 2. The molecule has 5 aliphatic rings. The van der Waals surface area contributed by atoms with Crippen LogP contribution in [0.3, 0.4) is 0 Å². The van der Waals surface area contributed by atoms with E-state index in [1.165, 1.54) is 32.1 Å². The van der Waals surface area contributed by atoms with E-state index in [4.69, 9.17) is 11.6 Å². The van der Waals surface area contributed by atoms with Crippen molar-refractivity contribution in [2.75, 3.05) is 29.5 Å². The predicted molar refractivity (Wildman–Crippen MR) is 167 cm³/mol. The number of hydrogen-bond acceptors (Lipinski definition) is 8. The zero-order chi connectivity index (χ0) is 29.3. The fourth-order valence-corrected chi connectivity index (χ4v) is 10.4. The van der Waals surface area contributed by atoms with Gasteiger partial charge in [0.05, 0.1) is 11.4 Å². The van der Waals surface area contributed by atoms with Crippen LogP contribution in [0.5, 0.6) is 0 Å². The number of anilines is 2. The smallest absolute Gasteiger partial charge is 0.224 e. The van der Waals surface area contributed by atoms with E-state index in [1.807, 2.05) is 24.3 Å². The normalized spacial score (nSPS) is 31.9. The zero-order valence-electron chi connectivity index (χ0n) is 24.5. The van der Waals surface area contributed by atoms with Crippen molar-refractivity contribution in [1.82, 2.24) is 15.3 Å². The molecule has 0 radical (unpaired) electrons. The highest BCUT2D eigenvalue weighted by Gasteiger charge is 2.55. The fourth-order valence-electron chi connectivity index (χ4n) is 8.75. The summed E-state index contributed by atoms with van der Waals surface area (Å²) in [5.41, 5.74) is 1.67. The third-order valence-electron chi connectivity index (χ3n) is 10.7. The molecular weight excluding hydrogens is 568 g/mol. The Morgan fingerprint density at radius 1 is 1.07 bits per heavy atom. The van der Waals surface area contributed by atoms with Gasteiger partial charge in [0.15, 0.2) is 9.84 Å². The topological polar surface area (TPSA) is 120 Å². The number of nitrogens with zero attached hydrogens (tertiary/aromatic N) is 3. The van der Waals surface area contributed by atoms with Gasteiger partial charge in [0.2, 0.25) is 5.95 Å². The maximum absolute atomic E-state index is 12.3. The molecule has 3 N–H and O–H groups in total. The van der Waals surface area contributed by atoms with Gasteiger partial charge in [0.1, 0.15) is 17.5 Å². The second-order valence-electron chi connectivity index (χ2n) is 13.4. The maximum atomic E-state index is 12.3. The number of nitriles is 1. The van der Waals surface area contributed by atoms with Crippen LogP contribution in [0.4, 0.5) is 11.8 Å². The molecule has 8 nitrogen and oxygen atoms in total. The van der Waals surface area contributed by atoms with Crippen LogP contribution in [0.15, 0.2) is 30.5 Å². The minimum atomic E-state index is -2.91. The van der Waals surface area contributed by atoms with Crippen LogP contribution >= 0.6 is 11.6 Å². The van der Waals surface area contributed by atoms with Gasteiger partial charge < -0.3 is 16.0 Å². The van der Waals surface area contributed by atoms with Gasteiger partial charge in [-0.05, 0) is 105 Å². The quantitative estimate of drug-likeness (QED) is 0.292. The molecule has 0 spiro atoms. The number of benzene rings is 1. The van der Waals surface area contributed by atoms with E-state index in [2.05, 4.69) is 32.0 Å². The number of hydrogen-bond donors (Lipinski definition) is 3. The lowest BCUT2D eigenvalue weighted by atomic mass is 9.48. The van der Waals surface area contributed by atoms with Gasteiger partial charge in [-0.2, -0.15) is 10.2 Å². The molecule has 5 atom stereocenters. The highest BCUT2D eigenvalue weighted by molar-refractivity contribution is 7.92. The van der Waals surface area contributed by atoms with Crippen molar-refractivity contribution >= 4 is 33.2 Å². The van der Waals surface area contributed by atoms with Gasteiger partial charge in [0, 0.05) is 29.9 Å². The molecule has 5 aliphatic carbocycles. The van der Waals surface area contributed by atoms with Crippen molar-refractivity contribution in [1.29, 1.82) is 5.26 Å². The van der Waals surface area contributed by atoms with Crippen LogP contribution in [0.1, 0.15) is 75.8 Å². The molecule has 10 heteroatoms. The van der Waals surface area contributed by atoms with Gasteiger partial charge in [-0.15, -0.1) is 0 Å². The Morgan fingerprint density at radius 3 is 2.50 bits per heavy atom. The molecule has 0 aliphatic heterocycles. The number of rotatable bonds is 11. The summed E-state index contributed by atoms with van der Waals surface area (Å²) >= 11 is 6.30. The van der Waals surface area contributed by atoms with E-state index in [9.17, 15) is 13.7 Å². The number of nitrogens with one attached hydrogen (secondary N) is 3. The minimum absolute atomic E-state index is 0.127. The molecule has 7 rings (SSSR count). The van der Waals surface area contributed by atoms with Crippen LogP contribution in [-0.2, 0) is 16.4 Å². The summed E-state index contributed by atoms with van der Waals surface area (Å²) in [5, 5.41) is 21.1. The summed E-state index contributed by atoms with van der Waals surface area (Å²) in [4.78, 5) is 9.03. The van der Waals surface area contributed by atoms with Crippen LogP contribution in [0.25, 0.3) is 0 Å². The van der Waals surface area contributed by atoms with E-state index in [0.29, 0.717) is 52.7 Å². The lowest BCUT2D eigenvalue weighted by Gasteiger charge is -2.60. The Hall–Kier alpha value is -2.41. The monoisotopic (exact) mass is 610 g/mol. The van der Waals surface area contributed by atoms with E-state index in [1.54, 1.807) is 13.1 Å². The van der Waals surface area contributed by atoms with Crippen LogP contribution in [0, 0.1) is 40.4 Å². The van der Waals surface area contributed by atoms with Crippen molar-refractivity contribution in [2.24, 2.45) is 29.1 Å². The van der Waals surface area contributed by atoms with Gasteiger partial charge in [-0.1, -0.05) is 36.7 Å². The average molecular weight is 611 g/mol. The maximum Gasteiger partial charge on any atom is 0.224 e. The van der Waals surface area contributed by atoms with Gasteiger partial charge >= 0.3 is 0 Å². The molecule has 1 heterocycles. The van der Waals surface area contributed by atoms with E-state index in [0.717, 1.165) is 50.3 Å². The molecule has 226 valence electrons. The molecule has 1 aromatic carbocycles. The van der Waals surface area contributed by atoms with Crippen molar-refractivity contribution in [3.8, 4) is 6.07 Å². The van der Waals surface area contributed by atoms with E-state index in [-0.39, 0.29) is 16.4 Å². The molecule has 0 saturated heterocycles. The van der Waals surface area contributed by atoms with Crippen molar-refractivity contribution < 1.29 is 8.42 Å². The molecule has 1 aromatic heterocycles. The lowest BCUT2D eigenvalue weighted by molar-refractivity contribution is -0.0702. The Labute approximate surface area is 255 Å². The lowest BCUT2D eigenvalue weighted by Crippen LogP contribution is -2.60. The third kappa shape index (κ3) is 6.27. The first kappa shape index (κ1) is 29.7. The van der Waals surface area contributed by atoms with E-state index >= 15 is 0 Å². The fraction of sp³-hybridized carbons (Fsp3) is 0.656. The molecule has 42 heavy (non-hydrogen) atoms.